The molecule has 1 aliphatic rings. The topological polar surface area (TPSA) is 89.7 Å². The molecule has 3 rings (SSSR count). The Morgan fingerprint density at radius 3 is 2.22 bits per heavy atom. The molecule has 2 amide bonds. The van der Waals surface area contributed by atoms with Crippen LogP contribution in [-0.2, 0) is 11.0 Å². The first-order valence-corrected chi connectivity index (χ1v) is 6.01. The summed E-state index contributed by atoms with van der Waals surface area (Å²) in [5, 5.41) is 0.0852. The van der Waals surface area contributed by atoms with Crippen LogP contribution in [0.4, 0.5) is 13.2 Å². The van der Waals surface area contributed by atoms with Crippen LogP contribution in [0, 0.1) is 0 Å². The second-order valence-corrected chi connectivity index (χ2v) is 4.36. The summed E-state index contributed by atoms with van der Waals surface area (Å²) >= 11 is 0. The number of benzene rings is 1. The number of fused-ring (bicyclic) bond motifs is 1. The molecule has 2 heterocycles. The van der Waals surface area contributed by atoms with E-state index < -0.39 is 35.4 Å². The molecule has 1 aromatic carbocycles. The Kier molecular flexibility index (Phi) is 3.17. The molecule has 0 N–H and O–H groups in total. The Hall–Kier alpha value is -3.17. The molecule has 1 aliphatic heterocycles. The Balaban J connectivity index is 1.87. The number of halogens is 3. The van der Waals surface area contributed by atoms with Gasteiger partial charge in [-0.3, -0.25) is 9.59 Å². The molecular weight excluding hydrogens is 321 g/mol. The maximum Gasteiger partial charge on any atom is 0.452 e. The van der Waals surface area contributed by atoms with E-state index in [4.69, 9.17) is 0 Å². The number of oxazole rings is 1. The molecule has 10 heteroatoms. The highest BCUT2D eigenvalue weighted by Crippen LogP contribution is 2.32. The number of imide groups is 1. The smallest absolute Gasteiger partial charge is 0.438 e. The summed E-state index contributed by atoms with van der Waals surface area (Å²) in [7, 11) is 0. The van der Waals surface area contributed by atoms with Crippen LogP contribution < -0.4 is 0 Å². The zero-order chi connectivity index (χ0) is 16.8. The highest BCUT2D eigenvalue weighted by Gasteiger charge is 2.44. The van der Waals surface area contributed by atoms with Gasteiger partial charge in [0.15, 0.2) is 6.39 Å². The number of aromatic nitrogens is 1. The molecule has 7 nitrogen and oxygen atoms in total. The van der Waals surface area contributed by atoms with Crippen LogP contribution in [0.25, 0.3) is 0 Å². The highest BCUT2D eigenvalue weighted by molar-refractivity contribution is 6.21. The molecule has 0 saturated heterocycles. The van der Waals surface area contributed by atoms with E-state index >= 15 is 0 Å². The lowest BCUT2D eigenvalue weighted by Crippen LogP contribution is -2.33. The van der Waals surface area contributed by atoms with Gasteiger partial charge in [0.1, 0.15) is 0 Å². The first-order valence-electron chi connectivity index (χ1n) is 6.01. The molecule has 1 aromatic heterocycles. The van der Waals surface area contributed by atoms with Crippen molar-refractivity contribution in [3.05, 3.63) is 53.2 Å². The van der Waals surface area contributed by atoms with Gasteiger partial charge in [-0.05, 0) is 12.1 Å². The molecule has 0 spiro atoms. The van der Waals surface area contributed by atoms with E-state index in [2.05, 4.69) is 14.2 Å². The molecule has 0 bridgehead atoms. The lowest BCUT2D eigenvalue weighted by Gasteiger charge is -2.12. The van der Waals surface area contributed by atoms with E-state index in [1.165, 1.54) is 24.3 Å². The van der Waals surface area contributed by atoms with Crippen molar-refractivity contribution in [2.75, 3.05) is 0 Å². The van der Waals surface area contributed by atoms with Crippen LogP contribution >= 0.6 is 0 Å². The van der Waals surface area contributed by atoms with Crippen molar-refractivity contribution in [1.82, 2.24) is 10.0 Å². The zero-order valence-electron chi connectivity index (χ0n) is 11.0. The van der Waals surface area contributed by atoms with Crippen LogP contribution in [-0.4, -0.2) is 27.8 Å². The predicted molar refractivity (Wildman–Crippen MR) is 63.9 cm³/mol. The molecule has 118 valence electrons. The number of carbonyl (C=O) groups excluding carboxylic acids is 3. The third-order valence-electron chi connectivity index (χ3n) is 2.95. The van der Waals surface area contributed by atoms with Crippen molar-refractivity contribution in [1.29, 1.82) is 0 Å². The number of rotatable bonds is 2. The monoisotopic (exact) mass is 326 g/mol. The van der Waals surface area contributed by atoms with Gasteiger partial charge in [0.25, 0.3) is 11.8 Å². The third-order valence-corrected chi connectivity index (χ3v) is 2.95. The van der Waals surface area contributed by atoms with Gasteiger partial charge in [-0.25, -0.2) is 9.78 Å². The minimum Gasteiger partial charge on any atom is -0.438 e. The summed E-state index contributed by atoms with van der Waals surface area (Å²) in [6, 6.07) is 5.60. The molecular formula is C13H5F3N2O5. The first-order chi connectivity index (χ1) is 10.8. The van der Waals surface area contributed by atoms with Gasteiger partial charge >= 0.3 is 12.1 Å². The van der Waals surface area contributed by atoms with Crippen LogP contribution in [0.1, 0.15) is 37.0 Å². The van der Waals surface area contributed by atoms with Gasteiger partial charge in [0, 0.05) is 0 Å². The maximum atomic E-state index is 12.6. The van der Waals surface area contributed by atoms with Crippen molar-refractivity contribution in [3.63, 3.8) is 0 Å². The molecule has 2 aromatic rings. The largest absolute Gasteiger partial charge is 0.452 e. The Morgan fingerprint density at radius 2 is 1.70 bits per heavy atom. The number of hydrogen-bond donors (Lipinski definition) is 0. The van der Waals surface area contributed by atoms with Gasteiger partial charge in [-0.2, -0.15) is 13.2 Å². The second-order valence-electron chi connectivity index (χ2n) is 4.36. The summed E-state index contributed by atoms with van der Waals surface area (Å²) in [6.45, 7) is 0. The third kappa shape index (κ3) is 2.33. The number of hydroxylamine groups is 2. The maximum absolute atomic E-state index is 12.6. The quantitative estimate of drug-likeness (QED) is 0.785. The lowest BCUT2D eigenvalue weighted by molar-refractivity contribution is -0.153. The molecule has 23 heavy (non-hydrogen) atoms. The molecule has 0 atom stereocenters. The predicted octanol–water partition coefficient (Wildman–Crippen LogP) is 2.06. The van der Waals surface area contributed by atoms with E-state index in [0.717, 1.165) is 0 Å². The number of nitrogens with zero attached hydrogens (tertiary/aromatic N) is 2. The van der Waals surface area contributed by atoms with Crippen LogP contribution in [0.2, 0.25) is 0 Å². The number of carbonyl (C=O) groups is 3. The summed E-state index contributed by atoms with van der Waals surface area (Å²) in [4.78, 5) is 43.3. The second kappa shape index (κ2) is 4.93. The fourth-order valence-electron chi connectivity index (χ4n) is 1.97. The Bertz CT molecular complexity index is 792. The average molecular weight is 326 g/mol. The van der Waals surface area contributed by atoms with Crippen LogP contribution in [0.5, 0.6) is 0 Å². The van der Waals surface area contributed by atoms with Crippen LogP contribution in [0.3, 0.4) is 0 Å². The zero-order valence-corrected chi connectivity index (χ0v) is 11.0. The average Bonchev–Trinajstić information content (AvgIpc) is 3.08. The number of hydrogen-bond acceptors (Lipinski definition) is 6. The van der Waals surface area contributed by atoms with E-state index in [0.29, 0.717) is 6.39 Å². The summed E-state index contributed by atoms with van der Waals surface area (Å²) in [6.07, 6.45) is -4.57. The molecule has 0 aliphatic carbocycles. The summed E-state index contributed by atoms with van der Waals surface area (Å²) in [5.41, 5.74) is -1.24. The minimum absolute atomic E-state index is 0.0264. The van der Waals surface area contributed by atoms with Crippen LogP contribution in [0.15, 0.2) is 35.1 Å². The van der Waals surface area contributed by atoms with Crippen molar-refractivity contribution in [2.45, 2.75) is 6.18 Å². The van der Waals surface area contributed by atoms with E-state index in [1.54, 1.807) is 0 Å². The van der Waals surface area contributed by atoms with Crippen molar-refractivity contribution >= 4 is 17.8 Å². The minimum atomic E-state index is -4.98. The summed E-state index contributed by atoms with van der Waals surface area (Å²) < 4.78 is 42.0. The molecule has 0 radical (unpaired) electrons. The Labute approximate surface area is 125 Å². The van der Waals surface area contributed by atoms with Gasteiger partial charge < -0.3 is 9.25 Å². The van der Waals surface area contributed by atoms with E-state index in [-0.39, 0.29) is 16.2 Å². The SMILES string of the molecule is O=C(ON1C(=O)c2ccccc2C1=O)c1ncoc1C(F)(F)F. The lowest BCUT2D eigenvalue weighted by atomic mass is 10.1. The normalized spacial score (nSPS) is 14.1. The molecule has 0 fully saturated rings. The van der Waals surface area contributed by atoms with Crippen molar-refractivity contribution < 1.29 is 36.8 Å². The summed E-state index contributed by atoms with van der Waals surface area (Å²) in [5.74, 6) is -5.24. The fraction of sp³-hybridized carbons (Fsp3) is 0.0769. The van der Waals surface area contributed by atoms with Crippen molar-refractivity contribution in [2.24, 2.45) is 0 Å². The molecule has 0 unspecified atom stereocenters. The van der Waals surface area contributed by atoms with Gasteiger partial charge in [-0.1, -0.05) is 17.2 Å². The Morgan fingerprint density at radius 1 is 1.13 bits per heavy atom. The molecule has 0 saturated carbocycles. The van der Waals surface area contributed by atoms with Gasteiger partial charge in [0.2, 0.25) is 11.5 Å². The fourth-order valence-corrected chi connectivity index (χ4v) is 1.97. The van der Waals surface area contributed by atoms with E-state index in [9.17, 15) is 27.6 Å². The highest BCUT2D eigenvalue weighted by atomic mass is 19.4. The van der Waals surface area contributed by atoms with E-state index in [1.807, 2.05) is 0 Å². The van der Waals surface area contributed by atoms with Gasteiger partial charge in [0.05, 0.1) is 11.1 Å². The number of alkyl halides is 3. The first kappa shape index (κ1) is 14.8. The van der Waals surface area contributed by atoms with Gasteiger partial charge in [-0.15, -0.1) is 0 Å². The standard InChI is InChI=1S/C13H5F3N2O5/c14-13(15,16)9-8(17-5-22-9)12(21)23-18-10(19)6-3-1-2-4-7(6)11(18)20/h1-5H. The number of amides is 2. The van der Waals surface area contributed by atoms with Crippen molar-refractivity contribution in [3.8, 4) is 0 Å².